The van der Waals surface area contributed by atoms with E-state index in [2.05, 4.69) is 29.8 Å². The summed E-state index contributed by atoms with van der Waals surface area (Å²) in [6.45, 7) is 6.59. The second-order valence-electron chi connectivity index (χ2n) is 19.3. The average molecular weight is 996 g/mol. The van der Waals surface area contributed by atoms with E-state index in [0.29, 0.717) is 46.7 Å². The zero-order valence-electron chi connectivity index (χ0n) is 41.6. The minimum absolute atomic E-state index is 0.00900. The third-order valence-electron chi connectivity index (χ3n) is 14.6. The topological polar surface area (TPSA) is 190 Å². The summed E-state index contributed by atoms with van der Waals surface area (Å²) in [4.78, 5) is 39.6. The van der Waals surface area contributed by atoms with Gasteiger partial charge >= 0.3 is 0 Å². The fourth-order valence-corrected chi connectivity index (χ4v) is 11.3. The van der Waals surface area contributed by atoms with Crippen LogP contribution in [0.2, 0.25) is 0 Å². The number of ether oxygens (including phenoxy) is 3. The molecule has 2 N–H and O–H groups in total. The molecule has 6 unspecified atom stereocenters. The molecule has 1 aliphatic heterocycles. The van der Waals surface area contributed by atoms with E-state index < -0.39 is 22.7 Å². The number of fused-ring (bicyclic) bond motifs is 3. The van der Waals surface area contributed by atoms with Crippen LogP contribution in [0.5, 0.6) is 11.5 Å². The average Bonchev–Trinajstić information content (AvgIpc) is 3.42. The number of allylic oxidation sites excluding steroid dienone is 1. The molecule has 380 valence electrons. The number of nitriles is 1. The van der Waals surface area contributed by atoms with Crippen LogP contribution in [0, 0.1) is 46.1 Å². The highest BCUT2D eigenvalue weighted by atomic mass is 16.7. The van der Waals surface area contributed by atoms with E-state index in [1.807, 2.05) is 84.6 Å². The molecular formula is C60H61N5O9. The highest BCUT2D eigenvalue weighted by Crippen LogP contribution is 2.62. The summed E-state index contributed by atoms with van der Waals surface area (Å²) in [5.41, 5.74) is 6.32. The third-order valence-corrected chi connectivity index (χ3v) is 14.6. The third kappa shape index (κ3) is 11.0. The summed E-state index contributed by atoms with van der Waals surface area (Å²) in [5, 5.41) is 48.5. The first-order valence-corrected chi connectivity index (χ1v) is 25.4. The highest BCUT2D eigenvalue weighted by molar-refractivity contribution is 6.03. The maximum absolute atomic E-state index is 15.8. The van der Waals surface area contributed by atoms with Crippen molar-refractivity contribution in [3.05, 3.63) is 201 Å². The van der Waals surface area contributed by atoms with Crippen LogP contribution in [0.3, 0.4) is 0 Å². The SMILES string of the molecule is C=CCOC12Oc3ccc(OCc4cccc(C)n4)cc3C3C(CCCCO)C(CCCCO)C=C(C(=NOCc4ccc([N+](=O)[O-])cc4)CC1N(Cc1cccc4ccccc14)C(=O)c1ccc(C#N)cc1)C32. The van der Waals surface area contributed by atoms with Gasteiger partial charge in [0.25, 0.3) is 11.6 Å². The number of aromatic nitrogens is 1. The molecule has 74 heavy (non-hydrogen) atoms. The van der Waals surface area contributed by atoms with Gasteiger partial charge in [-0.15, -0.1) is 6.58 Å². The van der Waals surface area contributed by atoms with Gasteiger partial charge < -0.3 is 34.2 Å². The van der Waals surface area contributed by atoms with Crippen LogP contribution in [-0.2, 0) is 29.3 Å². The molecule has 0 saturated heterocycles. The molecule has 0 spiro atoms. The fourth-order valence-electron chi connectivity index (χ4n) is 11.3. The van der Waals surface area contributed by atoms with E-state index in [0.717, 1.165) is 64.5 Å². The van der Waals surface area contributed by atoms with Gasteiger partial charge in [0.1, 0.15) is 30.8 Å². The molecule has 0 radical (unpaired) electrons. The molecule has 2 aliphatic carbocycles. The van der Waals surface area contributed by atoms with E-state index in [-0.39, 0.29) is 75.3 Å². The lowest BCUT2D eigenvalue weighted by Gasteiger charge is -2.60. The number of carbonyl (C=O) groups is 1. The van der Waals surface area contributed by atoms with Crippen molar-refractivity contribution in [3.63, 3.8) is 0 Å². The molecule has 6 aromatic rings. The van der Waals surface area contributed by atoms with Crippen LogP contribution in [-0.4, -0.2) is 68.3 Å². The summed E-state index contributed by atoms with van der Waals surface area (Å²) in [7, 11) is 0. The van der Waals surface area contributed by atoms with Crippen LogP contribution in [0.25, 0.3) is 10.8 Å². The monoisotopic (exact) mass is 995 g/mol. The quantitative estimate of drug-likeness (QED) is 0.0285. The van der Waals surface area contributed by atoms with Gasteiger partial charge in [-0.25, -0.2) is 0 Å². The molecule has 9 rings (SSSR count). The van der Waals surface area contributed by atoms with E-state index in [9.17, 15) is 25.6 Å². The van der Waals surface area contributed by atoms with E-state index in [1.54, 1.807) is 42.5 Å². The number of hydrogen-bond acceptors (Lipinski definition) is 12. The first-order chi connectivity index (χ1) is 36.1. The number of aliphatic hydroxyl groups is 2. The molecular weight excluding hydrogens is 935 g/mol. The Morgan fingerprint density at radius 1 is 0.946 bits per heavy atom. The number of nitrogens with zero attached hydrogens (tertiary/aromatic N) is 5. The zero-order valence-corrected chi connectivity index (χ0v) is 41.6. The molecule has 0 bridgehead atoms. The number of non-ortho nitro benzene ring substituents is 1. The number of nitro groups is 1. The van der Waals surface area contributed by atoms with Crippen LogP contribution in [0.4, 0.5) is 5.69 Å². The number of benzene rings is 5. The number of hydrogen-bond donors (Lipinski definition) is 2. The number of carbonyl (C=O) groups excluding carboxylic acids is 1. The number of amides is 1. The first-order valence-electron chi connectivity index (χ1n) is 25.4. The summed E-state index contributed by atoms with van der Waals surface area (Å²) < 4.78 is 21.4. The lowest BCUT2D eigenvalue weighted by molar-refractivity contribution is -0.384. The maximum Gasteiger partial charge on any atom is 0.269 e. The van der Waals surface area contributed by atoms with Gasteiger partial charge in [0, 0.05) is 61.1 Å². The van der Waals surface area contributed by atoms with Crippen molar-refractivity contribution in [1.29, 1.82) is 5.26 Å². The molecule has 14 heteroatoms. The number of aryl methyl sites for hydroxylation is 1. The van der Waals surface area contributed by atoms with Crippen molar-refractivity contribution < 1.29 is 39.0 Å². The first kappa shape index (κ1) is 51.2. The molecule has 2 heterocycles. The maximum atomic E-state index is 15.8. The van der Waals surface area contributed by atoms with Crippen LogP contribution >= 0.6 is 0 Å². The Morgan fingerprint density at radius 2 is 1.70 bits per heavy atom. The van der Waals surface area contributed by atoms with Gasteiger partial charge in [-0.1, -0.05) is 78.7 Å². The van der Waals surface area contributed by atoms with Crippen molar-refractivity contribution in [2.24, 2.45) is 22.9 Å². The summed E-state index contributed by atoms with van der Waals surface area (Å²) >= 11 is 0. The smallest absolute Gasteiger partial charge is 0.269 e. The lowest BCUT2D eigenvalue weighted by atomic mass is 9.55. The second-order valence-corrected chi connectivity index (χ2v) is 19.3. The minimum Gasteiger partial charge on any atom is -0.487 e. The Balaban J connectivity index is 1.26. The van der Waals surface area contributed by atoms with E-state index in [4.69, 9.17) is 24.2 Å². The van der Waals surface area contributed by atoms with E-state index >= 15 is 4.79 Å². The van der Waals surface area contributed by atoms with Crippen molar-refractivity contribution in [2.45, 2.75) is 89.4 Å². The number of oxime groups is 1. The Labute approximate surface area is 431 Å². The predicted octanol–water partition coefficient (Wildman–Crippen LogP) is 11.1. The van der Waals surface area contributed by atoms with Crippen LogP contribution < -0.4 is 9.47 Å². The lowest BCUT2D eigenvalue weighted by Crippen LogP contribution is -2.70. The Bertz CT molecular complexity index is 3070. The van der Waals surface area contributed by atoms with Gasteiger partial charge in [-0.3, -0.25) is 19.9 Å². The van der Waals surface area contributed by atoms with Gasteiger partial charge in [0.05, 0.1) is 40.5 Å². The van der Waals surface area contributed by atoms with Gasteiger partial charge in [0.2, 0.25) is 5.79 Å². The summed E-state index contributed by atoms with van der Waals surface area (Å²) in [5.74, 6) is -1.68. The molecule has 14 nitrogen and oxygen atoms in total. The molecule has 1 saturated carbocycles. The standard InChI is InChI=1S/C60H61N5O9/c1-3-32-72-60-56(64(59(68)44-24-20-41(36-61)21-25-44)37-46-16-11-15-43-13-4-5-18-50(43)46)35-54(63-73-38-42-22-26-48(27-23-42)65(69)70)52-33-45(14-6-8-30-66)51(19-7-9-31-67)57(58(52)60)53-34-49(28-29-55(53)74-60)71-39-47-17-10-12-40(2)62-47/h3-5,10-13,15-18,20-29,33-34,45,51,56-58,66-67H,1,6-9,14,19,30-32,35,37-39H2,2H3. The van der Waals surface area contributed by atoms with Crippen molar-refractivity contribution in [3.8, 4) is 17.6 Å². The van der Waals surface area contributed by atoms with Crippen molar-refractivity contribution in [2.75, 3.05) is 19.8 Å². The number of unbranched alkanes of at least 4 members (excludes halogenated alkanes) is 2. The normalized spacial score (nSPS) is 21.1. The summed E-state index contributed by atoms with van der Waals surface area (Å²) in [6.07, 6.45) is 8.32. The molecule has 3 aliphatic rings. The second kappa shape index (κ2) is 23.4. The molecule has 1 amide bonds. The van der Waals surface area contributed by atoms with Crippen LogP contribution in [0.15, 0.2) is 157 Å². The Hall–Kier alpha value is -7.70. The van der Waals surface area contributed by atoms with E-state index in [1.165, 1.54) is 12.1 Å². The Kier molecular flexibility index (Phi) is 16.2. The fraction of sp³-hybridized carbons (Fsp3) is 0.333. The molecule has 1 aromatic heterocycles. The van der Waals surface area contributed by atoms with Gasteiger partial charge in [-0.05, 0) is 139 Å². The summed E-state index contributed by atoms with van der Waals surface area (Å²) in [6, 6.07) is 39.9. The molecule has 6 atom stereocenters. The number of nitro benzene ring substituents is 1. The number of aliphatic hydroxyl groups excluding tert-OH is 2. The van der Waals surface area contributed by atoms with Crippen molar-refractivity contribution >= 4 is 28.1 Å². The number of rotatable bonds is 22. The zero-order chi connectivity index (χ0) is 51.6. The van der Waals surface area contributed by atoms with Gasteiger partial charge in [0.15, 0.2) is 0 Å². The molecule has 1 fully saturated rings. The predicted molar refractivity (Wildman–Crippen MR) is 281 cm³/mol. The highest BCUT2D eigenvalue weighted by Gasteiger charge is 2.65. The largest absolute Gasteiger partial charge is 0.487 e. The van der Waals surface area contributed by atoms with Gasteiger partial charge in [-0.2, -0.15) is 5.26 Å². The minimum atomic E-state index is -1.57. The Morgan fingerprint density at radius 3 is 2.45 bits per heavy atom. The molecule has 5 aromatic carbocycles. The number of pyridine rings is 1. The van der Waals surface area contributed by atoms with Crippen LogP contribution in [0.1, 0.15) is 94.9 Å². The van der Waals surface area contributed by atoms with Crippen molar-refractivity contribution in [1.82, 2.24) is 9.88 Å².